The van der Waals surface area contributed by atoms with Crippen molar-refractivity contribution < 1.29 is 23.0 Å². The first-order valence-corrected chi connectivity index (χ1v) is 7.00. The van der Waals surface area contributed by atoms with Gasteiger partial charge in [0.2, 0.25) is 0 Å². The molecule has 1 heterocycles. The van der Waals surface area contributed by atoms with Crippen molar-refractivity contribution in [2.24, 2.45) is 0 Å². The number of aliphatic hydroxyl groups excluding tert-OH is 1. The number of hydrogen-bond acceptors (Lipinski definition) is 4. The molecule has 0 fully saturated rings. The third kappa shape index (κ3) is 6.29. The predicted octanol–water partition coefficient (Wildman–Crippen LogP) is 2.27. The van der Waals surface area contributed by atoms with E-state index in [1.54, 1.807) is 35.3 Å². The second kappa shape index (κ2) is 7.47. The normalized spacial score (nSPS) is 13.3. The first kappa shape index (κ1) is 17.3. The summed E-state index contributed by atoms with van der Waals surface area (Å²) in [5, 5.41) is 14.0. The van der Waals surface area contributed by atoms with Crippen molar-refractivity contribution in [1.29, 1.82) is 0 Å². The maximum atomic E-state index is 12.1. The highest BCUT2D eigenvalue weighted by molar-refractivity contribution is 5.27. The van der Waals surface area contributed by atoms with Crippen LogP contribution in [0.25, 0.3) is 0 Å². The van der Waals surface area contributed by atoms with Gasteiger partial charge in [0.05, 0.1) is 12.6 Å². The number of hydrogen-bond donors (Lipinski definition) is 1. The summed E-state index contributed by atoms with van der Waals surface area (Å²) in [5.74, 6) is -0.248. The minimum atomic E-state index is -4.69. The van der Waals surface area contributed by atoms with Crippen LogP contribution >= 0.6 is 0 Å². The zero-order valence-electron chi connectivity index (χ0n) is 12.6. The van der Waals surface area contributed by atoms with Gasteiger partial charge in [-0.15, -0.1) is 13.2 Å². The number of nitrogens with zero attached hydrogens (tertiary/aromatic N) is 3. The lowest BCUT2D eigenvalue weighted by Gasteiger charge is -2.20. The van der Waals surface area contributed by atoms with Crippen LogP contribution in [0.2, 0.25) is 0 Å². The summed E-state index contributed by atoms with van der Waals surface area (Å²) in [6, 6.07) is 7.46. The molecule has 1 unspecified atom stereocenters. The van der Waals surface area contributed by atoms with Gasteiger partial charge < -0.3 is 9.84 Å². The highest BCUT2D eigenvalue weighted by Crippen LogP contribution is 2.22. The molecule has 23 heavy (non-hydrogen) atoms. The molecule has 0 saturated heterocycles. The first-order chi connectivity index (χ1) is 10.8. The molecule has 1 aromatic carbocycles. The van der Waals surface area contributed by atoms with Crippen LogP contribution < -0.4 is 4.74 Å². The molecule has 0 saturated carbocycles. The van der Waals surface area contributed by atoms with E-state index in [2.05, 4.69) is 9.84 Å². The second-order valence-corrected chi connectivity index (χ2v) is 5.27. The van der Waals surface area contributed by atoms with Crippen LogP contribution in [0.3, 0.4) is 0 Å². The molecule has 1 atom stereocenters. The van der Waals surface area contributed by atoms with Crippen LogP contribution in [0.1, 0.15) is 5.56 Å². The number of rotatable bonds is 7. The Balaban J connectivity index is 1.81. The fraction of sp³-hybridized carbons (Fsp3) is 0.400. The average molecular weight is 329 g/mol. The molecule has 0 bridgehead atoms. The van der Waals surface area contributed by atoms with E-state index >= 15 is 0 Å². The van der Waals surface area contributed by atoms with Crippen LogP contribution in [0.5, 0.6) is 5.75 Å². The molecule has 0 aliphatic carbocycles. The molecule has 5 nitrogen and oxygen atoms in total. The van der Waals surface area contributed by atoms with Crippen LogP contribution in [-0.2, 0) is 13.1 Å². The van der Waals surface area contributed by atoms with Crippen LogP contribution in [0.4, 0.5) is 13.2 Å². The third-order valence-electron chi connectivity index (χ3n) is 3.09. The number of aromatic nitrogens is 2. The molecule has 0 radical (unpaired) electrons. The molecule has 0 spiro atoms. The third-order valence-corrected chi connectivity index (χ3v) is 3.09. The number of halogens is 3. The van der Waals surface area contributed by atoms with E-state index in [4.69, 9.17) is 0 Å². The molecule has 2 aromatic rings. The van der Waals surface area contributed by atoms with Gasteiger partial charge in [0.25, 0.3) is 0 Å². The van der Waals surface area contributed by atoms with Gasteiger partial charge in [-0.1, -0.05) is 12.1 Å². The molecule has 0 aliphatic heterocycles. The number of benzene rings is 1. The zero-order valence-corrected chi connectivity index (χ0v) is 12.6. The van der Waals surface area contributed by atoms with Crippen molar-refractivity contribution >= 4 is 0 Å². The Kier molecular flexibility index (Phi) is 5.62. The quantitative estimate of drug-likeness (QED) is 0.847. The minimum Gasteiger partial charge on any atom is -0.406 e. The average Bonchev–Trinajstić information content (AvgIpc) is 2.91. The van der Waals surface area contributed by atoms with Crippen LogP contribution in [0, 0.1) is 0 Å². The molecule has 8 heteroatoms. The number of likely N-dealkylation sites (N-methyl/N-ethyl adjacent to an activating group) is 1. The van der Waals surface area contributed by atoms with Crippen LogP contribution in [-0.4, -0.2) is 45.8 Å². The van der Waals surface area contributed by atoms with E-state index in [9.17, 15) is 18.3 Å². The van der Waals surface area contributed by atoms with E-state index in [0.717, 1.165) is 5.56 Å². The van der Waals surface area contributed by atoms with Gasteiger partial charge in [0.15, 0.2) is 0 Å². The summed E-state index contributed by atoms with van der Waals surface area (Å²) in [7, 11) is 1.83. The van der Waals surface area contributed by atoms with Crippen LogP contribution in [0.15, 0.2) is 42.7 Å². The van der Waals surface area contributed by atoms with Crippen molar-refractivity contribution in [3.63, 3.8) is 0 Å². The summed E-state index contributed by atoms with van der Waals surface area (Å²) in [4.78, 5) is 1.88. The summed E-state index contributed by atoms with van der Waals surface area (Å²) >= 11 is 0. The van der Waals surface area contributed by atoms with E-state index < -0.39 is 12.5 Å². The van der Waals surface area contributed by atoms with Crippen molar-refractivity contribution in [3.05, 3.63) is 48.3 Å². The fourth-order valence-electron chi connectivity index (χ4n) is 2.21. The molecule has 1 N–H and O–H groups in total. The fourth-order valence-corrected chi connectivity index (χ4v) is 2.21. The van der Waals surface area contributed by atoms with Crippen molar-refractivity contribution in [2.75, 3.05) is 13.6 Å². The summed E-state index contributed by atoms with van der Waals surface area (Å²) in [5.41, 5.74) is 0.827. The summed E-state index contributed by atoms with van der Waals surface area (Å²) in [6.07, 6.45) is -1.87. The summed E-state index contributed by atoms with van der Waals surface area (Å²) < 4.78 is 41.7. The van der Waals surface area contributed by atoms with Gasteiger partial charge in [0, 0.05) is 25.5 Å². The lowest BCUT2D eigenvalue weighted by Crippen LogP contribution is -2.31. The summed E-state index contributed by atoms with van der Waals surface area (Å²) in [6.45, 7) is 1.30. The van der Waals surface area contributed by atoms with Gasteiger partial charge in [-0.3, -0.25) is 9.58 Å². The Labute approximate surface area is 131 Å². The topological polar surface area (TPSA) is 50.5 Å². The Bertz CT molecular complexity index is 585. The Morgan fingerprint density at radius 2 is 2.00 bits per heavy atom. The molecule has 1 aromatic heterocycles. The Morgan fingerprint density at radius 3 is 2.57 bits per heavy atom. The van der Waals surface area contributed by atoms with E-state index in [1.165, 1.54) is 12.1 Å². The van der Waals surface area contributed by atoms with Gasteiger partial charge in [-0.05, 0) is 30.8 Å². The molecular weight excluding hydrogens is 311 g/mol. The zero-order chi connectivity index (χ0) is 16.9. The second-order valence-electron chi connectivity index (χ2n) is 5.27. The van der Waals surface area contributed by atoms with E-state index in [1.807, 2.05) is 11.9 Å². The SMILES string of the molecule is CN(Cc1ccc(OC(F)(F)F)cc1)CC(O)Cn1cccn1. The van der Waals surface area contributed by atoms with E-state index in [-0.39, 0.29) is 5.75 Å². The minimum absolute atomic E-state index is 0.248. The number of ether oxygens (including phenoxy) is 1. The molecule has 0 amide bonds. The predicted molar refractivity (Wildman–Crippen MR) is 77.7 cm³/mol. The smallest absolute Gasteiger partial charge is 0.406 e. The maximum Gasteiger partial charge on any atom is 0.573 e. The number of alkyl halides is 3. The lowest BCUT2D eigenvalue weighted by atomic mass is 10.2. The molecule has 126 valence electrons. The maximum absolute atomic E-state index is 12.1. The van der Waals surface area contributed by atoms with Gasteiger partial charge >= 0.3 is 6.36 Å². The molecule has 2 rings (SSSR count). The lowest BCUT2D eigenvalue weighted by molar-refractivity contribution is -0.274. The van der Waals surface area contributed by atoms with E-state index in [0.29, 0.717) is 19.6 Å². The Morgan fingerprint density at radius 1 is 1.30 bits per heavy atom. The van der Waals surface area contributed by atoms with Crippen molar-refractivity contribution in [3.8, 4) is 5.75 Å². The van der Waals surface area contributed by atoms with Gasteiger partial charge in [-0.25, -0.2) is 0 Å². The number of aliphatic hydroxyl groups is 1. The van der Waals surface area contributed by atoms with Crippen molar-refractivity contribution in [2.45, 2.75) is 25.6 Å². The van der Waals surface area contributed by atoms with Gasteiger partial charge in [0.1, 0.15) is 5.75 Å². The molecular formula is C15H18F3N3O2. The molecule has 0 aliphatic rings. The highest BCUT2D eigenvalue weighted by atomic mass is 19.4. The largest absolute Gasteiger partial charge is 0.573 e. The van der Waals surface area contributed by atoms with Crippen molar-refractivity contribution in [1.82, 2.24) is 14.7 Å². The highest BCUT2D eigenvalue weighted by Gasteiger charge is 2.30. The monoisotopic (exact) mass is 329 g/mol. The first-order valence-electron chi connectivity index (χ1n) is 7.00. The van der Waals surface area contributed by atoms with Gasteiger partial charge in [-0.2, -0.15) is 5.10 Å². The standard InChI is InChI=1S/C15H18F3N3O2/c1-20(10-13(22)11-21-8-2-7-19-21)9-12-3-5-14(6-4-12)23-15(16,17)18/h2-8,13,22H,9-11H2,1H3. The Hall–Kier alpha value is -2.06.